The van der Waals surface area contributed by atoms with E-state index in [0.717, 1.165) is 36.2 Å². The summed E-state index contributed by atoms with van der Waals surface area (Å²) in [5.74, 6) is -0.646. The van der Waals surface area contributed by atoms with Crippen molar-refractivity contribution in [2.45, 2.75) is 57.7 Å². The van der Waals surface area contributed by atoms with E-state index in [4.69, 9.17) is 39.5 Å². The summed E-state index contributed by atoms with van der Waals surface area (Å²) >= 11 is 18.6. The average molecular weight is 605 g/mol. The van der Waals surface area contributed by atoms with Crippen molar-refractivity contribution in [2.24, 2.45) is 0 Å². The Labute approximate surface area is 239 Å². The van der Waals surface area contributed by atoms with E-state index < -0.39 is 28.5 Å². The van der Waals surface area contributed by atoms with Gasteiger partial charge in [0.25, 0.3) is 0 Å². The highest BCUT2D eigenvalue weighted by atomic mass is 35.5. The maximum absolute atomic E-state index is 13.9. The van der Waals surface area contributed by atoms with Gasteiger partial charge in [-0.2, -0.15) is 0 Å². The van der Waals surface area contributed by atoms with Crippen molar-refractivity contribution in [2.75, 3.05) is 24.2 Å². The van der Waals surface area contributed by atoms with Crippen molar-refractivity contribution in [1.29, 1.82) is 0 Å². The summed E-state index contributed by atoms with van der Waals surface area (Å²) in [4.78, 5) is 28.6. The lowest BCUT2D eigenvalue weighted by molar-refractivity contribution is -0.140. The van der Waals surface area contributed by atoms with Crippen LogP contribution in [0.1, 0.15) is 44.6 Å². The molecular formula is C26H32Cl3N3O5S. The van der Waals surface area contributed by atoms with Crippen LogP contribution in [0.2, 0.25) is 15.1 Å². The summed E-state index contributed by atoms with van der Waals surface area (Å²) in [6.07, 6.45) is 5.15. The summed E-state index contributed by atoms with van der Waals surface area (Å²) in [5.41, 5.74) is 0.687. The first-order valence-corrected chi connectivity index (χ1v) is 15.3. The molecule has 0 heterocycles. The minimum absolute atomic E-state index is 0.0181. The molecule has 1 N–H and O–H groups in total. The number of ether oxygens (including phenoxy) is 1. The average Bonchev–Trinajstić information content (AvgIpc) is 3.35. The highest BCUT2D eigenvalue weighted by Gasteiger charge is 2.34. The molecule has 1 saturated carbocycles. The van der Waals surface area contributed by atoms with Gasteiger partial charge >= 0.3 is 0 Å². The number of carbonyl (C=O) groups is 2. The maximum Gasteiger partial charge on any atom is 0.244 e. The number of rotatable bonds is 11. The number of hydrogen-bond acceptors (Lipinski definition) is 5. The lowest BCUT2D eigenvalue weighted by atomic mass is 10.1. The molecule has 2 aromatic carbocycles. The van der Waals surface area contributed by atoms with Gasteiger partial charge in [0.1, 0.15) is 18.3 Å². The first-order valence-electron chi connectivity index (χ1n) is 12.3. The fraction of sp³-hybridized carbons (Fsp3) is 0.462. The molecule has 0 unspecified atom stereocenters. The number of nitrogens with one attached hydrogen (secondary N) is 1. The Kier molecular flexibility index (Phi) is 10.6. The number of sulfonamides is 1. The zero-order chi connectivity index (χ0) is 28.0. The van der Waals surface area contributed by atoms with E-state index in [1.165, 1.54) is 24.1 Å². The predicted molar refractivity (Wildman–Crippen MR) is 152 cm³/mol. The van der Waals surface area contributed by atoms with Crippen molar-refractivity contribution in [3.8, 4) is 5.75 Å². The Morgan fingerprint density at radius 3 is 2.29 bits per heavy atom. The lowest BCUT2D eigenvalue weighted by Gasteiger charge is -2.34. The Bertz CT molecular complexity index is 1270. The normalized spacial score (nSPS) is 14.7. The summed E-state index contributed by atoms with van der Waals surface area (Å²) in [6, 6.07) is 8.58. The summed E-state index contributed by atoms with van der Waals surface area (Å²) in [5, 5.41) is 4.09. The molecule has 0 aromatic heterocycles. The molecule has 2 aromatic rings. The molecule has 38 heavy (non-hydrogen) atoms. The number of methoxy groups -OCH3 is 1. The highest BCUT2D eigenvalue weighted by Crippen LogP contribution is 2.33. The van der Waals surface area contributed by atoms with Gasteiger partial charge in [0.15, 0.2) is 0 Å². The molecule has 1 aliphatic rings. The van der Waals surface area contributed by atoms with E-state index in [1.54, 1.807) is 31.2 Å². The van der Waals surface area contributed by atoms with Crippen LogP contribution in [0.4, 0.5) is 5.69 Å². The van der Waals surface area contributed by atoms with Gasteiger partial charge < -0.3 is 15.0 Å². The standard InChI is InChI=1S/C26H32Cl3N3O5S/c1-4-22(26(34)30-20-7-5-6-8-20)31(15-17-9-10-18(27)13-21(17)29)25(33)16-32(38(3,35)36)23-14-19(28)11-12-24(23)37-2/h9-14,20,22H,4-8,15-16H2,1-3H3,(H,30,34)/t22-/m1/s1. The third-order valence-corrected chi connectivity index (χ3v) is 8.48. The number of halogens is 3. The number of benzene rings is 2. The van der Waals surface area contributed by atoms with Crippen LogP contribution in [-0.2, 0) is 26.2 Å². The number of carbonyl (C=O) groups excluding carboxylic acids is 2. The van der Waals surface area contributed by atoms with Crippen LogP contribution in [0.25, 0.3) is 0 Å². The second-order valence-electron chi connectivity index (χ2n) is 9.26. The topological polar surface area (TPSA) is 96.0 Å². The van der Waals surface area contributed by atoms with Crippen LogP contribution in [0.3, 0.4) is 0 Å². The van der Waals surface area contributed by atoms with Crippen LogP contribution >= 0.6 is 34.8 Å². The summed E-state index contributed by atoms with van der Waals surface area (Å²) < 4.78 is 32.0. The van der Waals surface area contributed by atoms with E-state index in [1.807, 2.05) is 0 Å². The molecule has 1 fully saturated rings. The predicted octanol–water partition coefficient (Wildman–Crippen LogP) is 5.29. The second kappa shape index (κ2) is 13.2. The zero-order valence-electron chi connectivity index (χ0n) is 21.5. The van der Waals surface area contributed by atoms with Crippen molar-refractivity contribution < 1.29 is 22.7 Å². The number of nitrogens with zero attached hydrogens (tertiary/aromatic N) is 2. The molecule has 2 amide bonds. The maximum atomic E-state index is 13.9. The summed E-state index contributed by atoms with van der Waals surface area (Å²) in [6.45, 7) is 1.21. The van der Waals surface area contributed by atoms with Crippen molar-refractivity contribution in [3.05, 3.63) is 57.0 Å². The van der Waals surface area contributed by atoms with Gasteiger partial charge in [-0.15, -0.1) is 0 Å². The molecule has 0 bridgehead atoms. The van der Waals surface area contributed by atoms with Crippen molar-refractivity contribution in [1.82, 2.24) is 10.2 Å². The van der Waals surface area contributed by atoms with Crippen LogP contribution in [-0.4, -0.2) is 57.1 Å². The van der Waals surface area contributed by atoms with Crippen molar-refractivity contribution in [3.63, 3.8) is 0 Å². The fourth-order valence-corrected chi connectivity index (χ4v) is 6.05. The first kappa shape index (κ1) is 30.3. The molecule has 12 heteroatoms. The van der Waals surface area contributed by atoms with Crippen LogP contribution in [0.15, 0.2) is 36.4 Å². The van der Waals surface area contributed by atoms with Gasteiger partial charge in [0.2, 0.25) is 21.8 Å². The second-order valence-corrected chi connectivity index (χ2v) is 12.4. The molecule has 3 rings (SSSR count). The van der Waals surface area contributed by atoms with Gasteiger partial charge in [-0.3, -0.25) is 13.9 Å². The third-order valence-electron chi connectivity index (χ3n) is 6.53. The monoisotopic (exact) mass is 603 g/mol. The Hall–Kier alpha value is -2.20. The van der Waals surface area contributed by atoms with Crippen LogP contribution in [0.5, 0.6) is 5.75 Å². The van der Waals surface area contributed by atoms with E-state index >= 15 is 0 Å². The largest absolute Gasteiger partial charge is 0.495 e. The molecule has 0 spiro atoms. The molecule has 8 nitrogen and oxygen atoms in total. The van der Waals surface area contributed by atoms with Crippen LogP contribution in [0, 0.1) is 0 Å². The smallest absolute Gasteiger partial charge is 0.244 e. The molecule has 0 saturated heterocycles. The zero-order valence-corrected chi connectivity index (χ0v) is 24.6. The van der Waals surface area contributed by atoms with Gasteiger partial charge in [0.05, 0.1) is 19.1 Å². The molecule has 0 aliphatic heterocycles. The van der Waals surface area contributed by atoms with Gasteiger partial charge in [-0.05, 0) is 55.2 Å². The summed E-state index contributed by atoms with van der Waals surface area (Å²) in [7, 11) is -2.56. The minimum atomic E-state index is -3.95. The lowest BCUT2D eigenvalue weighted by Crippen LogP contribution is -2.53. The Morgan fingerprint density at radius 1 is 1.08 bits per heavy atom. The Morgan fingerprint density at radius 2 is 1.71 bits per heavy atom. The quantitative estimate of drug-likeness (QED) is 0.376. The van der Waals surface area contributed by atoms with Gasteiger partial charge in [-0.25, -0.2) is 8.42 Å². The SMILES string of the molecule is CC[C@H](C(=O)NC1CCCC1)N(Cc1ccc(Cl)cc1Cl)C(=O)CN(c1cc(Cl)ccc1OC)S(C)(=O)=O. The third kappa shape index (κ3) is 7.68. The van der Waals surface area contributed by atoms with E-state index in [0.29, 0.717) is 22.0 Å². The first-order chi connectivity index (χ1) is 17.9. The Balaban J connectivity index is 2.00. The molecule has 1 atom stereocenters. The molecular weight excluding hydrogens is 573 g/mol. The van der Waals surface area contributed by atoms with E-state index in [-0.39, 0.29) is 35.0 Å². The van der Waals surface area contributed by atoms with Crippen molar-refractivity contribution >= 4 is 62.3 Å². The fourth-order valence-electron chi connectivity index (χ4n) is 4.57. The van der Waals surface area contributed by atoms with Gasteiger partial charge in [-0.1, -0.05) is 60.6 Å². The van der Waals surface area contributed by atoms with E-state index in [2.05, 4.69) is 5.32 Å². The molecule has 1 aliphatic carbocycles. The molecule has 208 valence electrons. The molecule has 0 radical (unpaired) electrons. The van der Waals surface area contributed by atoms with Gasteiger partial charge in [0, 0.05) is 27.7 Å². The minimum Gasteiger partial charge on any atom is -0.495 e. The van der Waals surface area contributed by atoms with E-state index in [9.17, 15) is 18.0 Å². The number of hydrogen-bond donors (Lipinski definition) is 1. The van der Waals surface area contributed by atoms with Crippen LogP contribution < -0.4 is 14.4 Å². The number of amides is 2. The number of anilines is 1. The highest BCUT2D eigenvalue weighted by molar-refractivity contribution is 7.92.